The molecule has 0 aromatic heterocycles. The van der Waals surface area contributed by atoms with Crippen LogP contribution < -0.4 is 0 Å². The lowest BCUT2D eigenvalue weighted by molar-refractivity contribution is -0.234. The van der Waals surface area contributed by atoms with E-state index in [0.29, 0.717) is 42.4 Å². The highest BCUT2D eigenvalue weighted by atomic mass is 79.9. The highest BCUT2D eigenvalue weighted by Crippen LogP contribution is 2.74. The van der Waals surface area contributed by atoms with E-state index in [4.69, 9.17) is 9.47 Å². The lowest BCUT2D eigenvalue weighted by atomic mass is 9.36. The number of allylic oxidation sites excluding steroid dienone is 2. The van der Waals surface area contributed by atoms with Crippen molar-refractivity contribution in [3.8, 4) is 0 Å². The Bertz CT molecular complexity index is 1430. The minimum atomic E-state index is -0.971. The van der Waals surface area contributed by atoms with Crippen molar-refractivity contribution >= 4 is 33.8 Å². The van der Waals surface area contributed by atoms with E-state index in [0.717, 1.165) is 35.7 Å². The van der Waals surface area contributed by atoms with Crippen LogP contribution in [0.5, 0.6) is 0 Å². The zero-order chi connectivity index (χ0) is 33.8. The number of carboxylic acid groups (broad SMARTS) is 1. The van der Waals surface area contributed by atoms with E-state index in [1.54, 1.807) is 12.1 Å². The first-order valence-corrected chi connectivity index (χ1v) is 17.7. The molecule has 10 atom stereocenters. The van der Waals surface area contributed by atoms with Crippen LogP contribution in [0.15, 0.2) is 51.5 Å². The van der Waals surface area contributed by atoms with Crippen molar-refractivity contribution in [2.75, 3.05) is 0 Å². The fourth-order valence-electron chi connectivity index (χ4n) is 10.7. The molecule has 0 radical (unpaired) electrons. The Morgan fingerprint density at radius 3 is 2.28 bits per heavy atom. The van der Waals surface area contributed by atoms with E-state index in [-0.39, 0.29) is 52.0 Å². The van der Waals surface area contributed by atoms with E-state index in [9.17, 15) is 24.6 Å². The fourth-order valence-corrected chi connectivity index (χ4v) is 11.0. The van der Waals surface area contributed by atoms with E-state index >= 15 is 0 Å². The van der Waals surface area contributed by atoms with Gasteiger partial charge in [0.1, 0.15) is 12.2 Å². The second-order valence-electron chi connectivity index (χ2n) is 15.5. The molecular weight excluding hydrogens is 648 g/mol. The van der Waals surface area contributed by atoms with Gasteiger partial charge < -0.3 is 19.7 Å². The molecule has 0 spiro atoms. The maximum absolute atomic E-state index is 13.1. The third kappa shape index (κ3) is 5.91. The average molecular weight is 700 g/mol. The van der Waals surface area contributed by atoms with Crippen LogP contribution in [-0.2, 0) is 19.1 Å². The number of carbonyl (C=O) groups excluding carboxylic acids is 2. The summed E-state index contributed by atoms with van der Waals surface area (Å²) < 4.78 is 13.0. The van der Waals surface area contributed by atoms with Crippen molar-refractivity contribution in [2.24, 2.45) is 39.9 Å². The van der Waals surface area contributed by atoms with E-state index in [1.165, 1.54) is 6.92 Å². The molecule has 0 saturated heterocycles. The van der Waals surface area contributed by atoms with Crippen LogP contribution in [0.1, 0.15) is 110 Å². The summed E-state index contributed by atoms with van der Waals surface area (Å²) in [5.41, 5.74) is 1.82. The molecule has 4 saturated carbocycles. The van der Waals surface area contributed by atoms with Gasteiger partial charge in [-0.2, -0.15) is 0 Å². The van der Waals surface area contributed by atoms with Crippen molar-refractivity contribution in [3.05, 3.63) is 57.1 Å². The zero-order valence-electron chi connectivity index (χ0n) is 28.4. The molecule has 0 aliphatic heterocycles. The summed E-state index contributed by atoms with van der Waals surface area (Å²) >= 11 is 3.42. The molecule has 4 aliphatic carbocycles. The van der Waals surface area contributed by atoms with Crippen molar-refractivity contribution in [1.29, 1.82) is 0 Å². The van der Waals surface area contributed by atoms with Crippen LogP contribution in [0, 0.1) is 39.9 Å². The molecule has 0 heterocycles. The van der Waals surface area contributed by atoms with Crippen molar-refractivity contribution in [1.82, 2.24) is 0 Å². The smallest absolute Gasteiger partial charge is 0.338 e. The number of fused-ring (bicyclic) bond motifs is 5. The minimum Gasteiger partial charge on any atom is -0.478 e. The first-order valence-electron chi connectivity index (χ1n) is 16.9. The monoisotopic (exact) mass is 698 g/mol. The number of aliphatic carboxylic acids is 1. The molecule has 252 valence electrons. The Hall–Kier alpha value is -2.45. The molecule has 0 bridgehead atoms. The molecule has 1 aromatic rings. The maximum atomic E-state index is 13.1. The number of hydrogen-bond acceptors (Lipinski definition) is 6. The molecule has 5 rings (SSSR count). The number of carboxylic acids is 1. The van der Waals surface area contributed by atoms with Gasteiger partial charge in [-0.05, 0) is 135 Å². The summed E-state index contributed by atoms with van der Waals surface area (Å²) in [4.78, 5) is 38.2. The average Bonchev–Trinajstić information content (AvgIpc) is 3.23. The second kappa shape index (κ2) is 12.9. The number of hydrogen-bond donors (Lipinski definition) is 2. The number of rotatable bonds is 7. The van der Waals surface area contributed by atoms with Gasteiger partial charge in [0.05, 0.1) is 11.7 Å². The van der Waals surface area contributed by atoms with Crippen LogP contribution in [0.2, 0.25) is 0 Å². The van der Waals surface area contributed by atoms with Gasteiger partial charge in [-0.15, -0.1) is 0 Å². The summed E-state index contributed by atoms with van der Waals surface area (Å²) in [5.74, 6) is -1.53. The first-order chi connectivity index (χ1) is 21.5. The number of aliphatic hydroxyl groups excluding tert-OH is 1. The van der Waals surface area contributed by atoms with E-state index < -0.39 is 24.1 Å². The van der Waals surface area contributed by atoms with Gasteiger partial charge in [0.25, 0.3) is 0 Å². The molecule has 2 N–H and O–H groups in total. The van der Waals surface area contributed by atoms with Gasteiger partial charge in [-0.25, -0.2) is 9.59 Å². The molecule has 46 heavy (non-hydrogen) atoms. The highest BCUT2D eigenvalue weighted by Gasteiger charge is 2.71. The third-order valence-electron chi connectivity index (χ3n) is 12.9. The summed E-state index contributed by atoms with van der Waals surface area (Å²) in [6.07, 6.45) is 5.88. The highest BCUT2D eigenvalue weighted by molar-refractivity contribution is 9.10. The van der Waals surface area contributed by atoms with Gasteiger partial charge in [0, 0.05) is 17.0 Å². The fraction of sp³-hybridized carbons (Fsp3) is 0.658. The molecule has 1 aromatic carbocycles. The minimum absolute atomic E-state index is 0.0261. The number of halogens is 1. The second-order valence-corrected chi connectivity index (χ2v) is 16.4. The van der Waals surface area contributed by atoms with Gasteiger partial charge in [0.15, 0.2) is 0 Å². The van der Waals surface area contributed by atoms with Gasteiger partial charge in [-0.3, -0.25) is 4.79 Å². The van der Waals surface area contributed by atoms with Crippen LogP contribution in [0.3, 0.4) is 0 Å². The number of benzene rings is 1. The van der Waals surface area contributed by atoms with Crippen LogP contribution >= 0.6 is 15.9 Å². The summed E-state index contributed by atoms with van der Waals surface area (Å²) in [6, 6.07) is 7.24. The molecule has 7 nitrogen and oxygen atoms in total. The Morgan fingerprint density at radius 1 is 1.00 bits per heavy atom. The first kappa shape index (κ1) is 34.9. The normalized spacial score (nSPS) is 39.3. The Morgan fingerprint density at radius 2 is 1.67 bits per heavy atom. The van der Waals surface area contributed by atoms with Gasteiger partial charge in [-0.1, -0.05) is 55.3 Å². The van der Waals surface area contributed by atoms with Crippen LogP contribution in [0.25, 0.3) is 0 Å². The quantitative estimate of drug-likeness (QED) is 0.167. The van der Waals surface area contributed by atoms with Gasteiger partial charge >= 0.3 is 17.9 Å². The predicted molar refractivity (Wildman–Crippen MR) is 180 cm³/mol. The summed E-state index contributed by atoms with van der Waals surface area (Å²) in [5, 5.41) is 22.6. The van der Waals surface area contributed by atoms with Crippen molar-refractivity contribution < 1.29 is 34.1 Å². The van der Waals surface area contributed by atoms with E-state index in [2.05, 4.69) is 43.6 Å². The van der Waals surface area contributed by atoms with Crippen molar-refractivity contribution in [2.45, 2.75) is 118 Å². The SMILES string of the molecule is CC(=O)O[C@H]1C[C@@]2(C)[C@@H](C[C@@H](O)[C@H]3[C@@]4(C)CC[C@@H](OC(=O)c5ccc(Br)cc5)[C@@H](C)[C@@H]4CC[C@@]32C)/C1=C(\CCC=C(C)C)C(=O)O. The number of ether oxygens (including phenoxy) is 2. The lowest BCUT2D eigenvalue weighted by Crippen LogP contribution is -2.65. The molecule has 0 unspecified atom stereocenters. The molecular formula is C38H51BrO7. The van der Waals surface area contributed by atoms with Crippen molar-refractivity contribution in [3.63, 3.8) is 0 Å². The number of carbonyl (C=O) groups is 3. The maximum Gasteiger partial charge on any atom is 0.338 e. The topological polar surface area (TPSA) is 110 Å². The molecule has 4 aliphatic rings. The molecule has 8 heteroatoms. The number of aliphatic hydroxyl groups is 1. The third-order valence-corrected chi connectivity index (χ3v) is 13.4. The van der Waals surface area contributed by atoms with Crippen LogP contribution in [-0.4, -0.2) is 46.4 Å². The zero-order valence-corrected chi connectivity index (χ0v) is 30.0. The standard InChI is InChI=1S/C38H51BrO7/c1-21(2)9-8-10-26(34(42)43)32-28-19-29(41)33-36(5)17-16-30(46-35(44)24-11-13-25(39)14-12-24)22(3)27(36)15-18-37(33,6)38(28,7)20-31(32)45-23(4)40/h9,11-14,22,27-31,33,41H,8,10,15-20H2,1-7H3,(H,42,43)/b32-26-/t22-,27-,28-,29+,30+,31-,33-,36-,37-,38-/m0/s1. The predicted octanol–water partition coefficient (Wildman–Crippen LogP) is 8.29. The Kier molecular flexibility index (Phi) is 9.76. The summed E-state index contributed by atoms with van der Waals surface area (Å²) in [6.45, 7) is 14.5. The Balaban J connectivity index is 1.47. The van der Waals surface area contributed by atoms with E-state index in [1.807, 2.05) is 32.1 Å². The lowest BCUT2D eigenvalue weighted by Gasteiger charge is -2.69. The van der Waals surface area contributed by atoms with Gasteiger partial charge in [0.2, 0.25) is 0 Å². The van der Waals surface area contributed by atoms with Crippen LogP contribution in [0.4, 0.5) is 0 Å². The number of esters is 2. The largest absolute Gasteiger partial charge is 0.478 e. The Labute approximate surface area is 282 Å². The summed E-state index contributed by atoms with van der Waals surface area (Å²) in [7, 11) is 0. The molecule has 4 fully saturated rings. The molecule has 0 amide bonds.